The van der Waals surface area contributed by atoms with Crippen LogP contribution in [-0.4, -0.2) is 15.7 Å². The number of rotatable bonds is 6. The summed E-state index contributed by atoms with van der Waals surface area (Å²) in [6.45, 7) is 4.22. The Morgan fingerprint density at radius 3 is 2.69 bits per heavy atom. The zero-order chi connectivity index (χ0) is 22.5. The third-order valence-corrected chi connectivity index (χ3v) is 5.15. The van der Waals surface area contributed by atoms with E-state index < -0.39 is 0 Å². The summed E-state index contributed by atoms with van der Waals surface area (Å²) in [7, 11) is 0. The van der Waals surface area contributed by atoms with Crippen LogP contribution < -0.4 is 10.1 Å². The standard InChI is InChI=1S/C26H22N4O2/c1-18-7-3-4-12-25(18)30-19(2)24(16-28-30)26(31)29-22-10-6-11-23(14-22)32-17-21-9-5-8-20(13-21)15-27/h3-14,16H,17H2,1-2H3,(H,29,31). The first-order chi connectivity index (χ1) is 15.5. The quantitative estimate of drug-likeness (QED) is 0.464. The predicted molar refractivity (Wildman–Crippen MR) is 123 cm³/mol. The number of carbonyl (C=O) groups is 1. The molecule has 3 aromatic carbocycles. The topological polar surface area (TPSA) is 79.9 Å². The van der Waals surface area contributed by atoms with Crippen LogP contribution in [0.25, 0.3) is 5.69 Å². The Balaban J connectivity index is 1.46. The maximum atomic E-state index is 12.9. The van der Waals surface area contributed by atoms with E-state index in [9.17, 15) is 4.79 Å². The highest BCUT2D eigenvalue weighted by molar-refractivity contribution is 6.05. The van der Waals surface area contributed by atoms with Gasteiger partial charge in [-0.3, -0.25) is 4.79 Å². The molecule has 0 saturated heterocycles. The van der Waals surface area contributed by atoms with Crippen LogP contribution in [0.2, 0.25) is 0 Å². The number of amides is 1. The van der Waals surface area contributed by atoms with Gasteiger partial charge in [-0.25, -0.2) is 4.68 Å². The van der Waals surface area contributed by atoms with Crippen molar-refractivity contribution in [2.24, 2.45) is 0 Å². The van der Waals surface area contributed by atoms with E-state index in [0.717, 1.165) is 22.5 Å². The first-order valence-corrected chi connectivity index (χ1v) is 10.2. The number of nitrogens with one attached hydrogen (secondary N) is 1. The lowest BCUT2D eigenvalue weighted by atomic mass is 10.1. The van der Waals surface area contributed by atoms with Gasteiger partial charge in [0.15, 0.2) is 0 Å². The lowest BCUT2D eigenvalue weighted by Crippen LogP contribution is -2.13. The van der Waals surface area contributed by atoms with E-state index in [4.69, 9.17) is 10.00 Å². The van der Waals surface area contributed by atoms with Crippen LogP contribution in [0.5, 0.6) is 5.75 Å². The zero-order valence-electron chi connectivity index (χ0n) is 17.9. The van der Waals surface area contributed by atoms with Crippen molar-refractivity contribution in [3.05, 3.63) is 107 Å². The van der Waals surface area contributed by atoms with Crippen LogP contribution >= 0.6 is 0 Å². The number of carbonyl (C=O) groups excluding carboxylic acids is 1. The molecular weight excluding hydrogens is 400 g/mol. The van der Waals surface area contributed by atoms with E-state index in [-0.39, 0.29) is 5.91 Å². The van der Waals surface area contributed by atoms with Gasteiger partial charge in [0.2, 0.25) is 0 Å². The van der Waals surface area contributed by atoms with E-state index in [1.165, 1.54) is 0 Å². The predicted octanol–water partition coefficient (Wildman–Crippen LogP) is 5.19. The number of aryl methyl sites for hydroxylation is 1. The van der Waals surface area contributed by atoms with Gasteiger partial charge in [0, 0.05) is 11.8 Å². The van der Waals surface area contributed by atoms with Crippen molar-refractivity contribution < 1.29 is 9.53 Å². The molecule has 1 amide bonds. The molecule has 0 unspecified atom stereocenters. The summed E-state index contributed by atoms with van der Waals surface area (Å²) in [5.74, 6) is 0.388. The van der Waals surface area contributed by atoms with Gasteiger partial charge < -0.3 is 10.1 Å². The molecule has 1 aromatic heterocycles. The molecule has 32 heavy (non-hydrogen) atoms. The highest BCUT2D eigenvalue weighted by Crippen LogP contribution is 2.22. The van der Waals surface area contributed by atoms with E-state index in [1.54, 1.807) is 29.1 Å². The van der Waals surface area contributed by atoms with Gasteiger partial charge in [0.1, 0.15) is 12.4 Å². The lowest BCUT2D eigenvalue weighted by molar-refractivity contribution is 0.102. The van der Waals surface area contributed by atoms with Gasteiger partial charge in [-0.05, 0) is 55.3 Å². The molecular formula is C26H22N4O2. The second-order valence-electron chi connectivity index (χ2n) is 7.42. The first kappa shape index (κ1) is 20.9. The molecule has 4 aromatic rings. The molecule has 0 radical (unpaired) electrons. The van der Waals surface area contributed by atoms with Gasteiger partial charge >= 0.3 is 0 Å². The fourth-order valence-electron chi connectivity index (χ4n) is 3.44. The van der Waals surface area contributed by atoms with Crippen molar-refractivity contribution in [1.29, 1.82) is 5.26 Å². The molecule has 1 heterocycles. The van der Waals surface area contributed by atoms with Crippen molar-refractivity contribution in [3.63, 3.8) is 0 Å². The first-order valence-electron chi connectivity index (χ1n) is 10.2. The van der Waals surface area contributed by atoms with Crippen molar-refractivity contribution >= 4 is 11.6 Å². The second kappa shape index (κ2) is 9.19. The van der Waals surface area contributed by atoms with E-state index in [2.05, 4.69) is 16.5 Å². The summed E-state index contributed by atoms with van der Waals surface area (Å²) in [4.78, 5) is 12.9. The Hall–Kier alpha value is -4.37. The van der Waals surface area contributed by atoms with Crippen molar-refractivity contribution in [2.75, 3.05) is 5.32 Å². The average Bonchev–Trinajstić information content (AvgIpc) is 3.19. The van der Waals surface area contributed by atoms with Gasteiger partial charge in [-0.2, -0.15) is 10.4 Å². The number of nitrogens with zero attached hydrogens (tertiary/aromatic N) is 3. The Labute approximate surface area is 186 Å². The van der Waals surface area contributed by atoms with Crippen LogP contribution in [0.4, 0.5) is 5.69 Å². The molecule has 0 aliphatic carbocycles. The monoisotopic (exact) mass is 422 g/mol. The van der Waals surface area contributed by atoms with Crippen LogP contribution in [0, 0.1) is 25.2 Å². The van der Waals surface area contributed by atoms with E-state index >= 15 is 0 Å². The van der Waals surface area contributed by atoms with E-state index in [1.807, 2.05) is 68.4 Å². The molecule has 6 nitrogen and oxygen atoms in total. The van der Waals surface area contributed by atoms with Crippen LogP contribution in [0.1, 0.15) is 32.7 Å². The molecule has 0 aliphatic rings. The molecule has 6 heteroatoms. The summed E-state index contributed by atoms with van der Waals surface area (Å²) in [6.07, 6.45) is 1.58. The second-order valence-corrected chi connectivity index (χ2v) is 7.42. The van der Waals surface area contributed by atoms with Crippen LogP contribution in [-0.2, 0) is 6.61 Å². The number of para-hydroxylation sites is 1. The minimum Gasteiger partial charge on any atom is -0.489 e. The summed E-state index contributed by atoms with van der Waals surface area (Å²) in [6, 6.07) is 24.5. The Kier molecular flexibility index (Phi) is 6.00. The Morgan fingerprint density at radius 1 is 1.06 bits per heavy atom. The molecule has 0 atom stereocenters. The smallest absolute Gasteiger partial charge is 0.259 e. The number of hydrogen-bond donors (Lipinski definition) is 1. The zero-order valence-corrected chi connectivity index (χ0v) is 17.9. The molecule has 4 rings (SSSR count). The number of nitriles is 1. The maximum Gasteiger partial charge on any atom is 0.259 e. The third kappa shape index (κ3) is 4.52. The van der Waals surface area contributed by atoms with Crippen molar-refractivity contribution in [1.82, 2.24) is 9.78 Å². The minimum absolute atomic E-state index is 0.235. The van der Waals surface area contributed by atoms with Crippen molar-refractivity contribution in [2.45, 2.75) is 20.5 Å². The normalized spacial score (nSPS) is 10.4. The highest BCUT2D eigenvalue weighted by atomic mass is 16.5. The van der Waals surface area contributed by atoms with Crippen LogP contribution in [0.3, 0.4) is 0 Å². The Bertz CT molecular complexity index is 1320. The molecule has 0 fully saturated rings. The third-order valence-electron chi connectivity index (χ3n) is 5.15. The van der Waals surface area contributed by atoms with Gasteiger partial charge in [-0.15, -0.1) is 0 Å². The number of ether oxygens (including phenoxy) is 1. The SMILES string of the molecule is Cc1ccccc1-n1ncc(C(=O)Nc2cccc(OCc3cccc(C#N)c3)c2)c1C. The fourth-order valence-corrected chi connectivity index (χ4v) is 3.44. The molecule has 1 N–H and O–H groups in total. The van der Waals surface area contributed by atoms with E-state index in [0.29, 0.717) is 29.2 Å². The van der Waals surface area contributed by atoms with Crippen molar-refractivity contribution in [3.8, 4) is 17.5 Å². The lowest BCUT2D eigenvalue weighted by Gasteiger charge is -2.10. The fraction of sp³-hybridized carbons (Fsp3) is 0.115. The van der Waals surface area contributed by atoms with Gasteiger partial charge in [-0.1, -0.05) is 36.4 Å². The number of hydrogen-bond acceptors (Lipinski definition) is 4. The summed E-state index contributed by atoms with van der Waals surface area (Å²) in [5.41, 5.74) is 5.41. The molecule has 0 bridgehead atoms. The average molecular weight is 422 g/mol. The van der Waals surface area contributed by atoms with Gasteiger partial charge in [0.25, 0.3) is 5.91 Å². The highest BCUT2D eigenvalue weighted by Gasteiger charge is 2.16. The largest absolute Gasteiger partial charge is 0.489 e. The maximum absolute atomic E-state index is 12.9. The number of anilines is 1. The number of benzene rings is 3. The van der Waals surface area contributed by atoms with Gasteiger partial charge in [0.05, 0.1) is 34.8 Å². The summed E-state index contributed by atoms with van der Waals surface area (Å²) >= 11 is 0. The summed E-state index contributed by atoms with van der Waals surface area (Å²) in [5, 5.41) is 16.4. The van der Waals surface area contributed by atoms with Crippen LogP contribution in [0.15, 0.2) is 79.0 Å². The molecule has 0 saturated carbocycles. The number of aromatic nitrogens is 2. The Morgan fingerprint density at radius 2 is 1.88 bits per heavy atom. The molecule has 0 spiro atoms. The summed E-state index contributed by atoms with van der Waals surface area (Å²) < 4.78 is 7.62. The molecule has 0 aliphatic heterocycles. The molecule has 158 valence electrons. The minimum atomic E-state index is -0.235.